The zero-order chi connectivity index (χ0) is 10.7. The van der Waals surface area contributed by atoms with E-state index in [1.807, 2.05) is 25.1 Å². The number of nitrogens with zero attached hydrogens (tertiary/aromatic N) is 2. The van der Waals surface area contributed by atoms with Gasteiger partial charge in [0, 0.05) is 5.56 Å². The Bertz CT molecular complexity index is 443. The molecular formula is C10H9BrN2O2. The molecule has 0 aliphatic rings. The Morgan fingerprint density at radius 1 is 1.47 bits per heavy atom. The SMILES string of the molecule is CCOc1ccc(-c2nnco2)cc1Br. The Balaban J connectivity index is 2.33. The van der Waals surface area contributed by atoms with Crippen LogP contribution in [0, 0.1) is 0 Å². The van der Waals surface area contributed by atoms with Gasteiger partial charge in [0.2, 0.25) is 12.3 Å². The quantitative estimate of drug-likeness (QED) is 0.859. The van der Waals surface area contributed by atoms with Crippen LogP contribution in [0.15, 0.2) is 33.5 Å². The van der Waals surface area contributed by atoms with Crippen molar-refractivity contribution in [1.82, 2.24) is 10.2 Å². The van der Waals surface area contributed by atoms with E-state index in [0.29, 0.717) is 12.5 Å². The van der Waals surface area contributed by atoms with Crippen molar-refractivity contribution < 1.29 is 9.15 Å². The van der Waals surface area contributed by atoms with Crippen LogP contribution in [0.25, 0.3) is 11.5 Å². The number of aromatic nitrogens is 2. The number of hydrogen-bond acceptors (Lipinski definition) is 4. The molecule has 0 N–H and O–H groups in total. The molecule has 0 unspecified atom stereocenters. The van der Waals surface area contributed by atoms with Crippen molar-refractivity contribution in [2.45, 2.75) is 6.92 Å². The fourth-order valence-corrected chi connectivity index (χ4v) is 1.70. The van der Waals surface area contributed by atoms with Crippen molar-refractivity contribution in [1.29, 1.82) is 0 Å². The molecule has 1 heterocycles. The number of ether oxygens (including phenoxy) is 1. The molecule has 0 bridgehead atoms. The molecule has 4 nitrogen and oxygen atoms in total. The highest BCUT2D eigenvalue weighted by molar-refractivity contribution is 9.10. The molecule has 5 heteroatoms. The lowest BCUT2D eigenvalue weighted by Crippen LogP contribution is -1.92. The minimum Gasteiger partial charge on any atom is -0.493 e. The second-order valence-corrected chi connectivity index (χ2v) is 3.68. The number of rotatable bonds is 3. The van der Waals surface area contributed by atoms with E-state index in [1.165, 1.54) is 6.39 Å². The highest BCUT2D eigenvalue weighted by Gasteiger charge is 2.07. The van der Waals surface area contributed by atoms with E-state index < -0.39 is 0 Å². The highest BCUT2D eigenvalue weighted by Crippen LogP contribution is 2.29. The van der Waals surface area contributed by atoms with Crippen LogP contribution in [0.5, 0.6) is 5.75 Å². The number of benzene rings is 1. The van der Waals surface area contributed by atoms with Gasteiger partial charge in [-0.15, -0.1) is 10.2 Å². The lowest BCUT2D eigenvalue weighted by atomic mass is 10.2. The zero-order valence-electron chi connectivity index (χ0n) is 8.11. The molecule has 0 saturated carbocycles. The van der Waals surface area contributed by atoms with Crippen molar-refractivity contribution in [3.05, 3.63) is 29.1 Å². The summed E-state index contributed by atoms with van der Waals surface area (Å²) in [5.41, 5.74) is 0.864. The average molecular weight is 269 g/mol. The molecule has 0 fully saturated rings. The molecular weight excluding hydrogens is 260 g/mol. The van der Waals surface area contributed by atoms with Gasteiger partial charge >= 0.3 is 0 Å². The Morgan fingerprint density at radius 2 is 2.33 bits per heavy atom. The van der Waals surface area contributed by atoms with Gasteiger partial charge in [-0.1, -0.05) is 0 Å². The fourth-order valence-electron chi connectivity index (χ4n) is 1.21. The predicted octanol–water partition coefficient (Wildman–Crippen LogP) is 2.90. The molecule has 0 atom stereocenters. The Hall–Kier alpha value is -1.36. The molecule has 15 heavy (non-hydrogen) atoms. The molecule has 1 aromatic heterocycles. The molecule has 0 aliphatic carbocycles. The summed E-state index contributed by atoms with van der Waals surface area (Å²) in [6.07, 6.45) is 1.31. The molecule has 78 valence electrons. The van der Waals surface area contributed by atoms with E-state index in [1.54, 1.807) is 0 Å². The normalized spacial score (nSPS) is 10.3. The van der Waals surface area contributed by atoms with Crippen LogP contribution in [0.3, 0.4) is 0 Å². The molecule has 0 amide bonds. The summed E-state index contributed by atoms with van der Waals surface area (Å²) in [5, 5.41) is 7.45. The van der Waals surface area contributed by atoms with Gasteiger partial charge < -0.3 is 9.15 Å². The largest absolute Gasteiger partial charge is 0.493 e. The van der Waals surface area contributed by atoms with Crippen molar-refractivity contribution in [2.24, 2.45) is 0 Å². The van der Waals surface area contributed by atoms with Gasteiger partial charge in [0.1, 0.15) is 5.75 Å². The number of hydrogen-bond donors (Lipinski definition) is 0. The molecule has 0 aliphatic heterocycles. The lowest BCUT2D eigenvalue weighted by Gasteiger charge is -2.05. The van der Waals surface area contributed by atoms with E-state index >= 15 is 0 Å². The summed E-state index contributed by atoms with van der Waals surface area (Å²) in [6, 6.07) is 5.63. The van der Waals surface area contributed by atoms with Gasteiger partial charge in [-0.05, 0) is 41.1 Å². The molecule has 2 rings (SSSR count). The van der Waals surface area contributed by atoms with Crippen LogP contribution < -0.4 is 4.74 Å². The summed E-state index contributed by atoms with van der Waals surface area (Å²) in [4.78, 5) is 0. The van der Waals surface area contributed by atoms with Gasteiger partial charge in [-0.25, -0.2) is 0 Å². The monoisotopic (exact) mass is 268 g/mol. The fraction of sp³-hybridized carbons (Fsp3) is 0.200. The Morgan fingerprint density at radius 3 is 2.93 bits per heavy atom. The molecule has 0 spiro atoms. The van der Waals surface area contributed by atoms with Gasteiger partial charge in [0.15, 0.2) is 0 Å². The Labute approximate surface area is 95.4 Å². The number of halogens is 1. The molecule has 0 radical (unpaired) electrons. The first-order valence-electron chi connectivity index (χ1n) is 4.50. The van der Waals surface area contributed by atoms with Gasteiger partial charge in [0.25, 0.3) is 0 Å². The second kappa shape index (κ2) is 4.44. The molecule has 1 aromatic carbocycles. The van der Waals surface area contributed by atoms with E-state index in [4.69, 9.17) is 9.15 Å². The predicted molar refractivity (Wildman–Crippen MR) is 58.6 cm³/mol. The third-order valence-corrected chi connectivity index (χ3v) is 2.46. The smallest absolute Gasteiger partial charge is 0.247 e. The van der Waals surface area contributed by atoms with Gasteiger partial charge in [-0.3, -0.25) is 0 Å². The van der Waals surface area contributed by atoms with E-state index in [0.717, 1.165) is 15.8 Å². The van der Waals surface area contributed by atoms with Crippen LogP contribution in [-0.2, 0) is 0 Å². The third kappa shape index (κ3) is 2.18. The summed E-state index contributed by atoms with van der Waals surface area (Å²) in [7, 11) is 0. The molecule has 2 aromatic rings. The van der Waals surface area contributed by atoms with Crippen LogP contribution >= 0.6 is 15.9 Å². The summed E-state index contributed by atoms with van der Waals surface area (Å²) in [6.45, 7) is 2.58. The van der Waals surface area contributed by atoms with Gasteiger partial charge in [0.05, 0.1) is 11.1 Å². The summed E-state index contributed by atoms with van der Waals surface area (Å²) in [5.74, 6) is 1.31. The summed E-state index contributed by atoms with van der Waals surface area (Å²) >= 11 is 3.42. The van der Waals surface area contributed by atoms with Crippen LogP contribution in [0.4, 0.5) is 0 Å². The van der Waals surface area contributed by atoms with Crippen molar-refractivity contribution in [3.63, 3.8) is 0 Å². The van der Waals surface area contributed by atoms with Crippen molar-refractivity contribution >= 4 is 15.9 Å². The lowest BCUT2D eigenvalue weighted by molar-refractivity contribution is 0.338. The van der Waals surface area contributed by atoms with Crippen molar-refractivity contribution in [3.8, 4) is 17.2 Å². The third-order valence-electron chi connectivity index (χ3n) is 1.84. The van der Waals surface area contributed by atoms with Crippen LogP contribution in [0.2, 0.25) is 0 Å². The van der Waals surface area contributed by atoms with E-state index in [9.17, 15) is 0 Å². The molecule has 0 saturated heterocycles. The maximum atomic E-state index is 5.40. The van der Waals surface area contributed by atoms with E-state index in [-0.39, 0.29) is 0 Å². The zero-order valence-corrected chi connectivity index (χ0v) is 9.69. The average Bonchev–Trinajstić information content (AvgIpc) is 2.74. The van der Waals surface area contributed by atoms with Crippen molar-refractivity contribution in [2.75, 3.05) is 6.61 Å². The standard InChI is InChI=1S/C10H9BrN2O2/c1-2-14-9-4-3-7(5-8(9)11)10-13-12-6-15-10/h3-6H,2H2,1H3. The van der Waals surface area contributed by atoms with Crippen LogP contribution in [0.1, 0.15) is 6.92 Å². The van der Waals surface area contributed by atoms with Gasteiger partial charge in [-0.2, -0.15) is 0 Å². The summed E-state index contributed by atoms with van der Waals surface area (Å²) < 4.78 is 11.4. The first kappa shape index (κ1) is 10.2. The highest BCUT2D eigenvalue weighted by atomic mass is 79.9. The topological polar surface area (TPSA) is 48.2 Å². The Kier molecular flexibility index (Phi) is 3.01. The maximum absolute atomic E-state index is 5.40. The maximum Gasteiger partial charge on any atom is 0.247 e. The first-order valence-corrected chi connectivity index (χ1v) is 5.29. The first-order chi connectivity index (χ1) is 7.31. The minimum atomic E-state index is 0.499. The van der Waals surface area contributed by atoms with Crippen LogP contribution in [-0.4, -0.2) is 16.8 Å². The second-order valence-electron chi connectivity index (χ2n) is 2.82. The van der Waals surface area contributed by atoms with E-state index in [2.05, 4.69) is 26.1 Å². The minimum absolute atomic E-state index is 0.499.